The maximum Gasteiger partial charge on any atom is 0.224 e. The van der Waals surface area contributed by atoms with Crippen LogP contribution < -0.4 is 10.2 Å². The summed E-state index contributed by atoms with van der Waals surface area (Å²) in [5, 5.41) is 13.9. The van der Waals surface area contributed by atoms with E-state index in [2.05, 4.69) is 25.2 Å². The first-order valence-corrected chi connectivity index (χ1v) is 10.2. The van der Waals surface area contributed by atoms with Crippen molar-refractivity contribution in [3.05, 3.63) is 54.5 Å². The molecule has 1 amide bonds. The summed E-state index contributed by atoms with van der Waals surface area (Å²) in [5.41, 5.74) is 1.78. The number of aromatic amines is 1. The summed E-state index contributed by atoms with van der Waals surface area (Å²) >= 11 is 0. The average Bonchev–Trinajstić information content (AvgIpc) is 3.34. The third-order valence-corrected chi connectivity index (χ3v) is 6.47. The van der Waals surface area contributed by atoms with Crippen LogP contribution in [0.15, 0.2) is 48.9 Å². The molecule has 1 aromatic carbocycles. The van der Waals surface area contributed by atoms with E-state index in [1.54, 1.807) is 6.33 Å². The van der Waals surface area contributed by atoms with Crippen molar-refractivity contribution in [1.82, 2.24) is 20.3 Å². The molecule has 3 aromatic rings. The van der Waals surface area contributed by atoms with Crippen molar-refractivity contribution in [2.75, 3.05) is 24.6 Å². The van der Waals surface area contributed by atoms with E-state index < -0.39 is 0 Å². The number of benzene rings is 1. The van der Waals surface area contributed by atoms with Crippen LogP contribution in [0.1, 0.15) is 30.9 Å². The number of aliphatic hydroxyl groups excluding tert-OH is 1. The van der Waals surface area contributed by atoms with Crippen LogP contribution in [-0.2, 0) is 4.79 Å². The Morgan fingerprint density at radius 2 is 2.10 bits per heavy atom. The molecule has 7 heteroatoms. The zero-order valence-electron chi connectivity index (χ0n) is 16.2. The fourth-order valence-electron chi connectivity index (χ4n) is 4.72. The van der Waals surface area contributed by atoms with E-state index in [4.69, 9.17) is 0 Å². The number of aromatic nitrogens is 3. The third-order valence-electron chi connectivity index (χ3n) is 6.47. The Balaban J connectivity index is 1.32. The SMILES string of the molecule is O=C(N[C@@H](CO)c1ccccc1)C1CCN(c2ncnc3[nH]ccc23)CC12CC2. The fourth-order valence-corrected chi connectivity index (χ4v) is 4.72. The molecule has 7 nitrogen and oxygen atoms in total. The highest BCUT2D eigenvalue weighted by Gasteiger charge is 2.55. The van der Waals surface area contributed by atoms with Gasteiger partial charge < -0.3 is 20.3 Å². The lowest BCUT2D eigenvalue weighted by Gasteiger charge is -2.39. The van der Waals surface area contributed by atoms with Gasteiger partial charge in [-0.3, -0.25) is 4.79 Å². The first kappa shape index (κ1) is 18.1. The zero-order valence-corrected chi connectivity index (χ0v) is 16.2. The third kappa shape index (κ3) is 3.25. The number of anilines is 1. The van der Waals surface area contributed by atoms with E-state index in [9.17, 15) is 9.90 Å². The lowest BCUT2D eigenvalue weighted by atomic mass is 9.81. The summed E-state index contributed by atoms with van der Waals surface area (Å²) in [5.74, 6) is 0.971. The lowest BCUT2D eigenvalue weighted by Crippen LogP contribution is -2.49. The fraction of sp³-hybridized carbons (Fsp3) is 0.409. The molecule has 1 saturated carbocycles. The standard InChI is InChI=1S/C22H25N5O2/c28-12-18(15-4-2-1-3-5-15)26-21(29)17-7-11-27(13-22(17)8-9-22)20-16-6-10-23-19(16)24-14-25-20/h1-6,10,14,17-18,28H,7-9,11-13H2,(H,26,29)(H,23,24,25)/t17?,18-/m0/s1. The van der Waals surface area contributed by atoms with E-state index in [1.165, 1.54) is 0 Å². The molecule has 2 fully saturated rings. The lowest BCUT2D eigenvalue weighted by molar-refractivity contribution is -0.129. The van der Waals surface area contributed by atoms with E-state index in [1.807, 2.05) is 42.6 Å². The van der Waals surface area contributed by atoms with Crippen molar-refractivity contribution >= 4 is 22.8 Å². The molecular weight excluding hydrogens is 366 g/mol. The van der Waals surface area contributed by atoms with Gasteiger partial charge in [0.25, 0.3) is 0 Å². The number of amides is 1. The van der Waals surface area contributed by atoms with Gasteiger partial charge in [-0.1, -0.05) is 30.3 Å². The largest absolute Gasteiger partial charge is 0.394 e. The van der Waals surface area contributed by atoms with Gasteiger partial charge >= 0.3 is 0 Å². The number of rotatable bonds is 5. The van der Waals surface area contributed by atoms with E-state index in [-0.39, 0.29) is 29.9 Å². The summed E-state index contributed by atoms with van der Waals surface area (Å²) in [6.45, 7) is 1.51. The number of fused-ring (bicyclic) bond motifs is 1. The van der Waals surface area contributed by atoms with E-state index >= 15 is 0 Å². The van der Waals surface area contributed by atoms with Gasteiger partial charge in [0, 0.05) is 25.2 Å². The molecule has 0 bridgehead atoms. The molecule has 2 aliphatic rings. The Kier molecular flexibility index (Phi) is 4.47. The van der Waals surface area contributed by atoms with Gasteiger partial charge in [-0.2, -0.15) is 0 Å². The number of aliphatic hydroxyl groups is 1. The van der Waals surface area contributed by atoms with Gasteiger partial charge in [0.2, 0.25) is 5.91 Å². The summed E-state index contributed by atoms with van der Waals surface area (Å²) in [6, 6.07) is 11.3. The monoisotopic (exact) mass is 391 g/mol. The topological polar surface area (TPSA) is 94.1 Å². The Hall–Kier alpha value is -2.93. The molecule has 150 valence electrons. The first-order chi connectivity index (χ1) is 14.2. The maximum absolute atomic E-state index is 13.1. The number of piperidine rings is 1. The van der Waals surface area contributed by atoms with Crippen molar-refractivity contribution in [2.24, 2.45) is 11.3 Å². The van der Waals surface area contributed by atoms with Crippen molar-refractivity contribution in [2.45, 2.75) is 25.3 Å². The molecule has 29 heavy (non-hydrogen) atoms. The molecular formula is C22H25N5O2. The van der Waals surface area contributed by atoms with Gasteiger partial charge in [-0.15, -0.1) is 0 Å². The Labute approximate surface area is 169 Å². The molecule has 1 spiro atoms. The molecule has 5 rings (SSSR count). The molecule has 3 N–H and O–H groups in total. The summed E-state index contributed by atoms with van der Waals surface area (Å²) in [4.78, 5) is 27.4. The van der Waals surface area contributed by atoms with Crippen LogP contribution in [-0.4, -0.2) is 45.7 Å². The second kappa shape index (κ2) is 7.15. The highest BCUT2D eigenvalue weighted by atomic mass is 16.3. The Morgan fingerprint density at radius 1 is 1.28 bits per heavy atom. The van der Waals surface area contributed by atoms with E-state index in [0.29, 0.717) is 0 Å². The minimum Gasteiger partial charge on any atom is -0.394 e. The minimum atomic E-state index is -0.362. The number of hydrogen-bond donors (Lipinski definition) is 3. The van der Waals surface area contributed by atoms with Gasteiger partial charge in [-0.05, 0) is 36.3 Å². The van der Waals surface area contributed by atoms with Gasteiger partial charge in [0.05, 0.1) is 18.0 Å². The molecule has 1 aliphatic heterocycles. The van der Waals surface area contributed by atoms with E-state index in [0.717, 1.165) is 54.8 Å². The molecule has 3 heterocycles. The molecule has 1 saturated heterocycles. The average molecular weight is 391 g/mol. The van der Waals surface area contributed by atoms with Crippen LogP contribution in [0.5, 0.6) is 0 Å². The smallest absolute Gasteiger partial charge is 0.224 e. The molecule has 1 aliphatic carbocycles. The predicted octanol–water partition coefficient (Wildman–Crippen LogP) is 2.41. The van der Waals surface area contributed by atoms with Crippen LogP contribution in [0.4, 0.5) is 5.82 Å². The molecule has 0 radical (unpaired) electrons. The van der Waals surface area contributed by atoms with Gasteiger partial charge in [0.15, 0.2) is 0 Å². The van der Waals surface area contributed by atoms with Crippen LogP contribution in [0, 0.1) is 11.3 Å². The first-order valence-electron chi connectivity index (χ1n) is 10.2. The van der Waals surface area contributed by atoms with Crippen LogP contribution in [0.25, 0.3) is 11.0 Å². The molecule has 1 unspecified atom stereocenters. The van der Waals surface area contributed by atoms with Crippen LogP contribution in [0.3, 0.4) is 0 Å². The number of carbonyl (C=O) groups excluding carboxylic acids is 1. The summed E-state index contributed by atoms with van der Waals surface area (Å²) in [7, 11) is 0. The highest BCUT2D eigenvalue weighted by molar-refractivity contribution is 5.88. The maximum atomic E-state index is 13.1. The second-order valence-corrected chi connectivity index (χ2v) is 8.22. The van der Waals surface area contributed by atoms with Gasteiger partial charge in [0.1, 0.15) is 17.8 Å². The number of nitrogens with zero attached hydrogens (tertiary/aromatic N) is 3. The highest BCUT2D eigenvalue weighted by Crippen LogP contribution is 2.56. The number of hydrogen-bond acceptors (Lipinski definition) is 5. The quantitative estimate of drug-likeness (QED) is 0.621. The molecule has 2 aromatic heterocycles. The van der Waals surface area contributed by atoms with Gasteiger partial charge in [-0.25, -0.2) is 9.97 Å². The van der Waals surface area contributed by atoms with Crippen molar-refractivity contribution < 1.29 is 9.90 Å². The van der Waals surface area contributed by atoms with Crippen LogP contribution in [0.2, 0.25) is 0 Å². The number of nitrogens with one attached hydrogen (secondary N) is 2. The minimum absolute atomic E-state index is 0.00655. The predicted molar refractivity (Wildman–Crippen MR) is 110 cm³/mol. The Morgan fingerprint density at radius 3 is 2.86 bits per heavy atom. The zero-order chi connectivity index (χ0) is 19.8. The van der Waals surface area contributed by atoms with Crippen molar-refractivity contribution in [3.8, 4) is 0 Å². The summed E-state index contributed by atoms with van der Waals surface area (Å²) in [6.07, 6.45) is 6.37. The van der Waals surface area contributed by atoms with Crippen molar-refractivity contribution in [1.29, 1.82) is 0 Å². The second-order valence-electron chi connectivity index (χ2n) is 8.22. The van der Waals surface area contributed by atoms with Crippen LogP contribution >= 0.6 is 0 Å². The van der Waals surface area contributed by atoms with Crippen molar-refractivity contribution in [3.63, 3.8) is 0 Å². The summed E-state index contributed by atoms with van der Waals surface area (Å²) < 4.78 is 0. The number of H-pyrrole nitrogens is 1. The number of carbonyl (C=O) groups is 1. The Bertz CT molecular complexity index is 1010. The normalized spacial score (nSPS) is 21.3. The molecule has 2 atom stereocenters.